The summed E-state index contributed by atoms with van der Waals surface area (Å²) in [5.41, 5.74) is 0. The van der Waals surface area contributed by atoms with E-state index in [1.807, 2.05) is 6.92 Å². The third-order valence-electron chi connectivity index (χ3n) is 2.54. The highest BCUT2D eigenvalue weighted by Crippen LogP contribution is 2.33. The molecular formula is C10H18O3. The molecule has 1 atom stereocenters. The van der Waals surface area contributed by atoms with Gasteiger partial charge in [0.1, 0.15) is 6.29 Å². The highest BCUT2D eigenvalue weighted by Gasteiger charge is 2.42. The van der Waals surface area contributed by atoms with E-state index in [4.69, 9.17) is 9.47 Å². The van der Waals surface area contributed by atoms with Crippen LogP contribution in [-0.4, -0.2) is 25.3 Å². The summed E-state index contributed by atoms with van der Waals surface area (Å²) in [6.07, 6.45) is 3.53. The Morgan fingerprint density at radius 3 is 2.38 bits per heavy atom. The first kappa shape index (κ1) is 10.7. The first-order valence-electron chi connectivity index (χ1n) is 5.02. The second-order valence-corrected chi connectivity index (χ2v) is 3.41. The molecule has 1 aliphatic heterocycles. The van der Waals surface area contributed by atoms with Crippen LogP contribution >= 0.6 is 0 Å². The smallest absolute Gasteiger partial charge is 0.177 e. The van der Waals surface area contributed by atoms with Crippen molar-refractivity contribution in [2.45, 2.75) is 38.9 Å². The number of ether oxygens (including phenoxy) is 2. The maximum Gasteiger partial charge on any atom is 0.177 e. The van der Waals surface area contributed by atoms with Gasteiger partial charge in [0.15, 0.2) is 5.79 Å². The zero-order valence-electron chi connectivity index (χ0n) is 8.41. The second kappa shape index (κ2) is 4.72. The van der Waals surface area contributed by atoms with Crippen LogP contribution in [0.4, 0.5) is 0 Å². The molecule has 0 spiro atoms. The van der Waals surface area contributed by atoms with E-state index in [1.54, 1.807) is 0 Å². The molecule has 0 aromatic heterocycles. The highest BCUT2D eigenvalue weighted by molar-refractivity contribution is 5.55. The largest absolute Gasteiger partial charge is 0.347 e. The monoisotopic (exact) mass is 186 g/mol. The van der Waals surface area contributed by atoms with Crippen LogP contribution in [-0.2, 0) is 14.3 Å². The van der Waals surface area contributed by atoms with Crippen LogP contribution in [0.5, 0.6) is 0 Å². The molecule has 3 nitrogen and oxygen atoms in total. The van der Waals surface area contributed by atoms with Crippen LogP contribution in [0, 0.1) is 5.92 Å². The number of rotatable bonds is 5. The van der Waals surface area contributed by atoms with Crippen molar-refractivity contribution < 1.29 is 14.3 Å². The predicted octanol–water partition coefficient (Wildman–Crippen LogP) is 1.75. The molecule has 0 aromatic rings. The third-order valence-corrected chi connectivity index (χ3v) is 2.54. The van der Waals surface area contributed by atoms with E-state index in [0.717, 1.165) is 25.5 Å². The average molecular weight is 186 g/mol. The van der Waals surface area contributed by atoms with E-state index in [2.05, 4.69) is 6.92 Å². The molecule has 1 heterocycles. The third kappa shape index (κ3) is 2.09. The van der Waals surface area contributed by atoms with Gasteiger partial charge in [-0.15, -0.1) is 0 Å². The van der Waals surface area contributed by atoms with Crippen molar-refractivity contribution in [3.05, 3.63) is 0 Å². The van der Waals surface area contributed by atoms with Crippen molar-refractivity contribution in [3.63, 3.8) is 0 Å². The Balaban J connectivity index is 2.69. The Labute approximate surface area is 79.4 Å². The van der Waals surface area contributed by atoms with Crippen LogP contribution < -0.4 is 0 Å². The van der Waals surface area contributed by atoms with Crippen molar-refractivity contribution in [1.29, 1.82) is 0 Å². The van der Waals surface area contributed by atoms with Gasteiger partial charge in [-0.05, 0) is 6.42 Å². The quantitative estimate of drug-likeness (QED) is 0.614. The first-order valence-corrected chi connectivity index (χ1v) is 5.02. The van der Waals surface area contributed by atoms with Crippen LogP contribution in [0.1, 0.15) is 33.1 Å². The summed E-state index contributed by atoms with van der Waals surface area (Å²) in [5, 5.41) is 0. The lowest BCUT2D eigenvalue weighted by molar-refractivity contribution is -0.196. The highest BCUT2D eigenvalue weighted by atomic mass is 16.7. The molecule has 1 fully saturated rings. The first-order chi connectivity index (χ1) is 6.29. The molecule has 0 saturated carbocycles. The SMILES string of the molecule is CCCC1(C(C=O)CC)OCCO1. The molecule has 1 aliphatic rings. The Hall–Kier alpha value is -0.410. The predicted molar refractivity (Wildman–Crippen MR) is 49.4 cm³/mol. The van der Waals surface area contributed by atoms with E-state index in [-0.39, 0.29) is 5.92 Å². The Kier molecular flexibility index (Phi) is 3.88. The van der Waals surface area contributed by atoms with Crippen LogP contribution in [0.3, 0.4) is 0 Å². The lowest BCUT2D eigenvalue weighted by atomic mass is 9.93. The summed E-state index contributed by atoms with van der Waals surface area (Å²) in [5.74, 6) is -0.722. The van der Waals surface area contributed by atoms with Gasteiger partial charge >= 0.3 is 0 Å². The molecule has 0 radical (unpaired) electrons. The molecule has 0 N–H and O–H groups in total. The summed E-state index contributed by atoms with van der Waals surface area (Å²) >= 11 is 0. The van der Waals surface area contributed by atoms with Crippen LogP contribution in [0.15, 0.2) is 0 Å². The molecule has 1 saturated heterocycles. The maximum absolute atomic E-state index is 10.8. The van der Waals surface area contributed by atoms with Crippen molar-refractivity contribution in [3.8, 4) is 0 Å². The maximum atomic E-state index is 10.8. The van der Waals surface area contributed by atoms with E-state index in [0.29, 0.717) is 13.2 Å². The van der Waals surface area contributed by atoms with Gasteiger partial charge in [-0.1, -0.05) is 20.3 Å². The fraction of sp³-hybridized carbons (Fsp3) is 0.900. The number of aldehydes is 1. The van der Waals surface area contributed by atoms with E-state index < -0.39 is 5.79 Å². The molecule has 0 bridgehead atoms. The van der Waals surface area contributed by atoms with Gasteiger partial charge in [-0.25, -0.2) is 0 Å². The van der Waals surface area contributed by atoms with E-state index >= 15 is 0 Å². The van der Waals surface area contributed by atoms with Gasteiger partial charge in [0, 0.05) is 6.42 Å². The summed E-state index contributed by atoms with van der Waals surface area (Å²) in [6, 6.07) is 0. The van der Waals surface area contributed by atoms with Gasteiger partial charge in [-0.3, -0.25) is 0 Å². The second-order valence-electron chi connectivity index (χ2n) is 3.41. The van der Waals surface area contributed by atoms with Gasteiger partial charge in [0.2, 0.25) is 0 Å². The van der Waals surface area contributed by atoms with Crippen molar-refractivity contribution >= 4 is 6.29 Å². The minimum Gasteiger partial charge on any atom is -0.347 e. The normalized spacial score (nSPS) is 22.9. The van der Waals surface area contributed by atoms with Crippen molar-refractivity contribution in [2.75, 3.05) is 13.2 Å². The van der Waals surface area contributed by atoms with Gasteiger partial charge in [-0.2, -0.15) is 0 Å². The number of hydrogen-bond donors (Lipinski definition) is 0. The average Bonchev–Trinajstić information content (AvgIpc) is 2.57. The van der Waals surface area contributed by atoms with Gasteiger partial charge < -0.3 is 14.3 Å². The zero-order valence-corrected chi connectivity index (χ0v) is 8.41. The lowest BCUT2D eigenvalue weighted by Crippen LogP contribution is -2.39. The van der Waals surface area contributed by atoms with Crippen molar-refractivity contribution in [2.24, 2.45) is 5.92 Å². The number of hydrogen-bond acceptors (Lipinski definition) is 3. The Bertz CT molecular complexity index is 162. The van der Waals surface area contributed by atoms with Crippen LogP contribution in [0.25, 0.3) is 0 Å². The summed E-state index contributed by atoms with van der Waals surface area (Å²) in [4.78, 5) is 10.8. The number of carbonyl (C=O) groups is 1. The summed E-state index contributed by atoms with van der Waals surface area (Å²) < 4.78 is 11.1. The molecule has 0 amide bonds. The molecule has 3 heteroatoms. The standard InChI is InChI=1S/C10H18O3/c1-3-5-10(9(4-2)8-11)12-6-7-13-10/h8-9H,3-7H2,1-2H3. The zero-order chi connectivity index (χ0) is 9.73. The van der Waals surface area contributed by atoms with Gasteiger partial charge in [0.25, 0.3) is 0 Å². The Morgan fingerprint density at radius 2 is 2.00 bits per heavy atom. The van der Waals surface area contributed by atoms with Crippen molar-refractivity contribution in [1.82, 2.24) is 0 Å². The molecule has 0 aliphatic carbocycles. The lowest BCUT2D eigenvalue weighted by Gasteiger charge is -2.31. The topological polar surface area (TPSA) is 35.5 Å². The Morgan fingerprint density at radius 1 is 1.38 bits per heavy atom. The van der Waals surface area contributed by atoms with E-state index in [1.165, 1.54) is 0 Å². The molecule has 13 heavy (non-hydrogen) atoms. The minimum absolute atomic E-state index is 0.116. The molecule has 1 rings (SSSR count). The minimum atomic E-state index is -0.606. The molecule has 1 unspecified atom stereocenters. The fourth-order valence-electron chi connectivity index (χ4n) is 1.87. The summed E-state index contributed by atoms with van der Waals surface area (Å²) in [6.45, 7) is 5.29. The molecule has 0 aromatic carbocycles. The van der Waals surface area contributed by atoms with Crippen LogP contribution in [0.2, 0.25) is 0 Å². The fourth-order valence-corrected chi connectivity index (χ4v) is 1.87. The molecular weight excluding hydrogens is 168 g/mol. The number of carbonyl (C=O) groups excluding carboxylic acids is 1. The van der Waals surface area contributed by atoms with Gasteiger partial charge in [0.05, 0.1) is 19.1 Å². The molecule has 76 valence electrons. The van der Waals surface area contributed by atoms with E-state index in [9.17, 15) is 4.79 Å². The summed E-state index contributed by atoms with van der Waals surface area (Å²) in [7, 11) is 0.